The molecule has 1 aliphatic heterocycles. The number of hydrogen-bond acceptors (Lipinski definition) is 4. The summed E-state index contributed by atoms with van der Waals surface area (Å²) in [6.45, 7) is 1.60. The first kappa shape index (κ1) is 19.7. The Morgan fingerprint density at radius 3 is 2.67 bits per heavy atom. The van der Waals surface area contributed by atoms with E-state index in [1.807, 2.05) is 53.4 Å². The Morgan fingerprint density at radius 2 is 1.93 bits per heavy atom. The lowest BCUT2D eigenvalue weighted by Gasteiger charge is -2.30. The fraction of sp³-hybridized carbons (Fsp3) is 0.300. The molecule has 5 nitrogen and oxygen atoms in total. The Kier molecular flexibility index (Phi) is 6.77. The molecule has 1 heterocycles. The number of para-hydroxylation sites is 1. The van der Waals surface area contributed by atoms with E-state index in [-0.39, 0.29) is 24.3 Å². The summed E-state index contributed by atoms with van der Waals surface area (Å²) in [5.74, 6) is -0.548. The summed E-state index contributed by atoms with van der Waals surface area (Å²) < 4.78 is 0. The number of carbonyl (C=O) groups excluding carboxylic acids is 2. The van der Waals surface area contributed by atoms with Gasteiger partial charge < -0.3 is 11.1 Å². The quantitative estimate of drug-likeness (QED) is 0.772. The smallest absolute Gasteiger partial charge is 0.238 e. The molecule has 0 bridgehead atoms. The van der Waals surface area contributed by atoms with Crippen molar-refractivity contribution in [2.45, 2.75) is 22.6 Å². The molecule has 2 aromatic rings. The van der Waals surface area contributed by atoms with Crippen LogP contribution in [0.15, 0.2) is 58.3 Å². The van der Waals surface area contributed by atoms with E-state index in [1.165, 1.54) is 0 Å². The van der Waals surface area contributed by atoms with Crippen LogP contribution in [0.5, 0.6) is 0 Å². The molecule has 0 aliphatic carbocycles. The second-order valence-electron chi connectivity index (χ2n) is 6.58. The summed E-state index contributed by atoms with van der Waals surface area (Å²) in [5, 5.41) is 3.68. The average molecular weight is 404 g/mol. The van der Waals surface area contributed by atoms with Crippen molar-refractivity contribution < 1.29 is 9.59 Å². The number of anilines is 1. The third-order valence-corrected chi connectivity index (χ3v) is 5.81. The number of hydrogen-bond donors (Lipinski definition) is 2. The highest BCUT2D eigenvalue weighted by molar-refractivity contribution is 7.99. The normalized spacial score (nSPS) is 17.4. The van der Waals surface area contributed by atoms with Crippen LogP contribution in [0.3, 0.4) is 0 Å². The molecule has 27 heavy (non-hydrogen) atoms. The van der Waals surface area contributed by atoms with E-state index in [9.17, 15) is 9.59 Å². The maximum absolute atomic E-state index is 12.5. The van der Waals surface area contributed by atoms with Gasteiger partial charge in [-0.15, -0.1) is 0 Å². The third-order valence-electron chi connectivity index (χ3n) is 4.48. The van der Waals surface area contributed by atoms with Gasteiger partial charge in [0.15, 0.2) is 0 Å². The molecule has 7 heteroatoms. The number of primary amides is 1. The number of likely N-dealkylation sites (tertiary alicyclic amines) is 1. The van der Waals surface area contributed by atoms with E-state index < -0.39 is 0 Å². The van der Waals surface area contributed by atoms with Gasteiger partial charge in [0.25, 0.3) is 0 Å². The van der Waals surface area contributed by atoms with Crippen molar-refractivity contribution in [1.82, 2.24) is 4.90 Å². The molecule has 0 aromatic heterocycles. The molecular formula is C20H22ClN3O2S. The summed E-state index contributed by atoms with van der Waals surface area (Å²) in [5.41, 5.74) is 6.18. The molecule has 2 aromatic carbocycles. The first-order valence-corrected chi connectivity index (χ1v) is 10.0. The molecule has 1 fully saturated rings. The minimum atomic E-state index is -0.287. The molecule has 0 spiro atoms. The van der Waals surface area contributed by atoms with Crippen LogP contribution in [0.2, 0.25) is 5.02 Å². The monoisotopic (exact) mass is 403 g/mol. The van der Waals surface area contributed by atoms with Crippen LogP contribution in [-0.4, -0.2) is 36.3 Å². The number of piperidine rings is 1. The molecule has 1 saturated heterocycles. The standard InChI is InChI=1S/C20H22ClN3O2S/c21-15-7-9-16(10-8-15)27-18-6-2-1-5-17(18)23-19(25)13-24-11-3-4-14(12-24)20(22)26/h1-2,5-10,14H,3-4,11-13H2,(H2,22,26)(H,23,25)/t14-/m1/s1. The van der Waals surface area contributed by atoms with Crippen molar-refractivity contribution in [1.29, 1.82) is 0 Å². The van der Waals surface area contributed by atoms with E-state index >= 15 is 0 Å². The van der Waals surface area contributed by atoms with E-state index in [4.69, 9.17) is 17.3 Å². The van der Waals surface area contributed by atoms with Gasteiger partial charge in [-0.2, -0.15) is 0 Å². The summed E-state index contributed by atoms with van der Waals surface area (Å²) in [6, 6.07) is 15.3. The number of nitrogens with one attached hydrogen (secondary N) is 1. The maximum Gasteiger partial charge on any atom is 0.238 e. The Balaban J connectivity index is 1.62. The molecule has 0 saturated carbocycles. The Bertz CT molecular complexity index is 813. The summed E-state index contributed by atoms with van der Waals surface area (Å²) in [4.78, 5) is 27.9. The van der Waals surface area contributed by atoms with Crippen molar-refractivity contribution in [3.63, 3.8) is 0 Å². The molecule has 2 amide bonds. The highest BCUT2D eigenvalue weighted by atomic mass is 35.5. The highest BCUT2D eigenvalue weighted by Crippen LogP contribution is 2.33. The van der Waals surface area contributed by atoms with Crippen molar-refractivity contribution in [2.24, 2.45) is 11.7 Å². The molecule has 0 unspecified atom stereocenters. The first-order valence-electron chi connectivity index (χ1n) is 8.85. The topological polar surface area (TPSA) is 75.4 Å². The Morgan fingerprint density at radius 1 is 1.19 bits per heavy atom. The van der Waals surface area contributed by atoms with Crippen LogP contribution in [0.25, 0.3) is 0 Å². The van der Waals surface area contributed by atoms with Crippen LogP contribution in [0, 0.1) is 5.92 Å². The number of amides is 2. The van der Waals surface area contributed by atoms with Crippen LogP contribution in [0.4, 0.5) is 5.69 Å². The van der Waals surface area contributed by atoms with Crippen LogP contribution in [-0.2, 0) is 9.59 Å². The Hall–Kier alpha value is -2.02. The van der Waals surface area contributed by atoms with Gasteiger partial charge in [-0.05, 0) is 55.8 Å². The SMILES string of the molecule is NC(=O)[C@@H]1CCCN(CC(=O)Nc2ccccc2Sc2ccc(Cl)cc2)C1. The van der Waals surface area contributed by atoms with Crippen LogP contribution < -0.4 is 11.1 Å². The van der Waals surface area contributed by atoms with Crippen molar-refractivity contribution in [2.75, 3.05) is 25.0 Å². The zero-order valence-electron chi connectivity index (χ0n) is 14.9. The third kappa shape index (κ3) is 5.73. The van der Waals surface area contributed by atoms with E-state index in [2.05, 4.69) is 5.32 Å². The fourth-order valence-electron chi connectivity index (χ4n) is 3.11. The van der Waals surface area contributed by atoms with Gasteiger partial charge >= 0.3 is 0 Å². The lowest BCUT2D eigenvalue weighted by molar-refractivity contribution is -0.125. The highest BCUT2D eigenvalue weighted by Gasteiger charge is 2.25. The van der Waals surface area contributed by atoms with E-state index in [0.717, 1.165) is 34.9 Å². The number of nitrogens with zero attached hydrogens (tertiary/aromatic N) is 1. The average Bonchev–Trinajstić information content (AvgIpc) is 2.65. The number of benzene rings is 2. The predicted molar refractivity (Wildman–Crippen MR) is 109 cm³/mol. The van der Waals surface area contributed by atoms with Crippen molar-refractivity contribution in [3.05, 3.63) is 53.6 Å². The predicted octanol–water partition coefficient (Wildman–Crippen LogP) is 3.63. The lowest BCUT2D eigenvalue weighted by Crippen LogP contribution is -2.44. The summed E-state index contributed by atoms with van der Waals surface area (Å²) in [7, 11) is 0. The van der Waals surface area contributed by atoms with E-state index in [1.54, 1.807) is 11.8 Å². The molecule has 142 valence electrons. The number of rotatable bonds is 6. The Labute approximate surface area is 168 Å². The van der Waals surface area contributed by atoms with Gasteiger partial charge in [-0.1, -0.05) is 35.5 Å². The largest absolute Gasteiger partial charge is 0.369 e. The van der Waals surface area contributed by atoms with Crippen molar-refractivity contribution in [3.8, 4) is 0 Å². The van der Waals surface area contributed by atoms with Crippen molar-refractivity contribution >= 4 is 40.9 Å². The summed E-state index contributed by atoms with van der Waals surface area (Å²) in [6.07, 6.45) is 1.68. The first-order chi connectivity index (χ1) is 13.0. The lowest BCUT2D eigenvalue weighted by atomic mass is 9.97. The molecular weight excluding hydrogens is 382 g/mol. The van der Waals surface area contributed by atoms with E-state index in [0.29, 0.717) is 11.6 Å². The second-order valence-corrected chi connectivity index (χ2v) is 8.13. The molecule has 0 radical (unpaired) electrons. The molecule has 1 atom stereocenters. The van der Waals surface area contributed by atoms with Gasteiger partial charge in [0.2, 0.25) is 11.8 Å². The fourth-order valence-corrected chi connectivity index (χ4v) is 4.14. The second kappa shape index (κ2) is 9.26. The zero-order chi connectivity index (χ0) is 19.2. The molecule has 3 rings (SSSR count). The zero-order valence-corrected chi connectivity index (χ0v) is 16.4. The van der Waals surface area contributed by atoms with Gasteiger partial charge in [0, 0.05) is 21.4 Å². The van der Waals surface area contributed by atoms with Gasteiger partial charge in [0.05, 0.1) is 18.2 Å². The minimum absolute atomic E-state index is 0.0933. The van der Waals surface area contributed by atoms with Gasteiger partial charge in [-0.25, -0.2) is 0 Å². The van der Waals surface area contributed by atoms with Crippen LogP contribution >= 0.6 is 23.4 Å². The number of nitrogens with two attached hydrogens (primary N) is 1. The number of carbonyl (C=O) groups is 2. The van der Waals surface area contributed by atoms with Crippen LogP contribution in [0.1, 0.15) is 12.8 Å². The number of halogens is 1. The molecule has 1 aliphatic rings. The summed E-state index contributed by atoms with van der Waals surface area (Å²) >= 11 is 7.50. The maximum atomic E-state index is 12.5. The van der Waals surface area contributed by atoms with Gasteiger partial charge in [0.1, 0.15) is 0 Å². The van der Waals surface area contributed by atoms with Gasteiger partial charge in [-0.3, -0.25) is 14.5 Å². The minimum Gasteiger partial charge on any atom is -0.369 e. The molecule has 3 N–H and O–H groups in total.